The third-order valence-electron chi connectivity index (χ3n) is 2.98. The Hall–Kier alpha value is -1.58. The van der Waals surface area contributed by atoms with E-state index in [2.05, 4.69) is 37.7 Å². The van der Waals surface area contributed by atoms with Crippen molar-refractivity contribution in [1.82, 2.24) is 10.3 Å². The highest BCUT2D eigenvalue weighted by molar-refractivity contribution is 6.35. The van der Waals surface area contributed by atoms with Crippen LogP contribution in [0.25, 0.3) is 10.9 Å². The first-order valence-electron chi connectivity index (χ1n) is 6.94. The number of nitrogens with zero attached hydrogens (tertiary/aromatic N) is 1. The van der Waals surface area contributed by atoms with Gasteiger partial charge in [0.05, 0.1) is 5.02 Å². The van der Waals surface area contributed by atoms with Gasteiger partial charge in [-0.1, -0.05) is 18.2 Å². The molecule has 0 amide bonds. The van der Waals surface area contributed by atoms with Crippen molar-refractivity contribution in [3.63, 3.8) is 0 Å². The Balaban J connectivity index is 2.04. The second-order valence-corrected chi connectivity index (χ2v) is 6.49. The van der Waals surface area contributed by atoms with Crippen LogP contribution in [-0.4, -0.2) is 23.7 Å². The number of aromatic nitrogens is 1. The number of rotatable bonds is 5. The van der Waals surface area contributed by atoms with Gasteiger partial charge in [0.15, 0.2) is 0 Å². The Kier molecular flexibility index (Phi) is 4.86. The van der Waals surface area contributed by atoms with Crippen LogP contribution in [0.2, 0.25) is 5.02 Å². The van der Waals surface area contributed by atoms with Gasteiger partial charge >= 0.3 is 0 Å². The van der Waals surface area contributed by atoms with Crippen LogP contribution < -0.4 is 10.1 Å². The fourth-order valence-corrected chi connectivity index (χ4v) is 2.06. The molecule has 1 heterocycles. The number of hydrogen-bond donors (Lipinski definition) is 1. The molecule has 1 aromatic carbocycles. The van der Waals surface area contributed by atoms with Gasteiger partial charge in [-0.15, -0.1) is 0 Å². The lowest BCUT2D eigenvalue weighted by atomic mass is 10.1. The minimum absolute atomic E-state index is 0.0669. The van der Waals surface area contributed by atoms with Crippen LogP contribution >= 0.6 is 11.6 Å². The van der Waals surface area contributed by atoms with Crippen LogP contribution in [0.3, 0.4) is 0 Å². The average Bonchev–Trinajstić information content (AvgIpc) is 2.44. The molecule has 0 aliphatic heterocycles. The number of hydrogen-bond acceptors (Lipinski definition) is 3. The molecule has 0 fully saturated rings. The lowest BCUT2D eigenvalue weighted by Crippen LogP contribution is -2.37. The van der Waals surface area contributed by atoms with Crippen molar-refractivity contribution in [2.45, 2.75) is 26.3 Å². The molecule has 0 saturated carbocycles. The highest BCUT2D eigenvalue weighted by Crippen LogP contribution is 2.29. The second-order valence-electron chi connectivity index (χ2n) is 6.09. The first kappa shape index (κ1) is 15.8. The van der Waals surface area contributed by atoms with Crippen molar-refractivity contribution in [2.24, 2.45) is 0 Å². The zero-order chi connectivity index (χ0) is 15.5. The van der Waals surface area contributed by atoms with E-state index in [1.54, 1.807) is 6.20 Å². The quantitative estimate of drug-likeness (QED) is 0.840. The molecule has 0 spiro atoms. The number of pyridine rings is 1. The van der Waals surface area contributed by atoms with E-state index in [-0.39, 0.29) is 5.54 Å². The predicted molar refractivity (Wildman–Crippen MR) is 89.1 cm³/mol. The summed E-state index contributed by atoms with van der Waals surface area (Å²) in [5.41, 5.74) is 1.84. The predicted octanol–water partition coefficient (Wildman–Crippen LogP) is 4.21. The lowest BCUT2D eigenvalue weighted by Gasteiger charge is -2.21. The molecule has 3 nitrogen and oxygen atoms in total. The Morgan fingerprint density at radius 2 is 2.10 bits per heavy atom. The molecule has 0 saturated heterocycles. The van der Waals surface area contributed by atoms with E-state index in [0.717, 1.165) is 28.8 Å². The fourth-order valence-electron chi connectivity index (χ4n) is 1.85. The van der Waals surface area contributed by atoms with E-state index in [1.165, 1.54) is 0 Å². The Labute approximate surface area is 131 Å². The van der Waals surface area contributed by atoms with Crippen LogP contribution in [0.15, 0.2) is 42.6 Å². The van der Waals surface area contributed by atoms with E-state index in [4.69, 9.17) is 16.3 Å². The minimum Gasteiger partial charge on any atom is -0.487 e. The standard InChI is InChI=1S/C17H21ClN2O/c1-12(10-20-17(2,3)4)11-21-15-8-7-14(18)13-6-5-9-19-16(13)15/h5-9,20H,1,10-11H2,2-4H3. The maximum Gasteiger partial charge on any atom is 0.146 e. The van der Waals surface area contributed by atoms with E-state index in [1.807, 2.05) is 24.3 Å². The zero-order valence-corrected chi connectivity index (χ0v) is 13.5. The van der Waals surface area contributed by atoms with Gasteiger partial charge in [0, 0.05) is 23.7 Å². The number of nitrogens with one attached hydrogen (secondary N) is 1. The molecule has 0 unspecified atom stereocenters. The van der Waals surface area contributed by atoms with Crippen LogP contribution in [0.4, 0.5) is 0 Å². The largest absolute Gasteiger partial charge is 0.487 e. The van der Waals surface area contributed by atoms with Crippen LogP contribution in [0.1, 0.15) is 20.8 Å². The Morgan fingerprint density at radius 1 is 1.33 bits per heavy atom. The van der Waals surface area contributed by atoms with Gasteiger partial charge in [-0.25, -0.2) is 0 Å². The van der Waals surface area contributed by atoms with Crippen molar-refractivity contribution in [1.29, 1.82) is 0 Å². The minimum atomic E-state index is 0.0669. The van der Waals surface area contributed by atoms with E-state index in [0.29, 0.717) is 11.6 Å². The lowest BCUT2D eigenvalue weighted by molar-refractivity contribution is 0.344. The van der Waals surface area contributed by atoms with Crippen molar-refractivity contribution in [3.8, 4) is 5.75 Å². The van der Waals surface area contributed by atoms with Crippen molar-refractivity contribution in [3.05, 3.63) is 47.6 Å². The van der Waals surface area contributed by atoms with Crippen molar-refractivity contribution in [2.75, 3.05) is 13.2 Å². The summed E-state index contributed by atoms with van der Waals surface area (Å²) in [7, 11) is 0. The van der Waals surface area contributed by atoms with Gasteiger partial charge in [0.25, 0.3) is 0 Å². The van der Waals surface area contributed by atoms with E-state index < -0.39 is 0 Å². The normalized spacial score (nSPS) is 11.6. The van der Waals surface area contributed by atoms with E-state index in [9.17, 15) is 0 Å². The van der Waals surface area contributed by atoms with Crippen molar-refractivity contribution >= 4 is 22.5 Å². The van der Waals surface area contributed by atoms with E-state index >= 15 is 0 Å². The smallest absolute Gasteiger partial charge is 0.146 e. The highest BCUT2D eigenvalue weighted by Gasteiger charge is 2.10. The summed E-state index contributed by atoms with van der Waals surface area (Å²) in [5.74, 6) is 0.729. The topological polar surface area (TPSA) is 34.1 Å². The van der Waals surface area contributed by atoms with Gasteiger partial charge in [-0.05, 0) is 50.6 Å². The molecule has 1 aromatic heterocycles. The summed E-state index contributed by atoms with van der Waals surface area (Å²) >= 11 is 6.17. The zero-order valence-electron chi connectivity index (χ0n) is 12.7. The molecule has 21 heavy (non-hydrogen) atoms. The molecule has 2 rings (SSSR count). The number of fused-ring (bicyclic) bond motifs is 1. The highest BCUT2D eigenvalue weighted by atomic mass is 35.5. The summed E-state index contributed by atoms with van der Waals surface area (Å²) < 4.78 is 5.84. The van der Waals surface area contributed by atoms with Gasteiger partial charge < -0.3 is 10.1 Å². The molecule has 0 aliphatic rings. The van der Waals surface area contributed by atoms with Crippen molar-refractivity contribution < 1.29 is 4.74 Å². The van der Waals surface area contributed by atoms with Crippen LogP contribution in [0, 0.1) is 0 Å². The molecular weight excluding hydrogens is 284 g/mol. The Morgan fingerprint density at radius 3 is 2.81 bits per heavy atom. The van der Waals surface area contributed by atoms with Crippen LogP contribution in [-0.2, 0) is 0 Å². The monoisotopic (exact) mass is 304 g/mol. The molecule has 1 N–H and O–H groups in total. The molecule has 0 bridgehead atoms. The first-order valence-corrected chi connectivity index (χ1v) is 7.32. The molecular formula is C17H21ClN2O. The number of halogens is 1. The maximum absolute atomic E-state index is 6.17. The molecule has 112 valence electrons. The molecule has 0 radical (unpaired) electrons. The Bertz CT molecular complexity index is 647. The van der Waals surface area contributed by atoms with Crippen LogP contribution in [0.5, 0.6) is 5.75 Å². The van der Waals surface area contributed by atoms with Gasteiger partial charge in [0.1, 0.15) is 17.9 Å². The fraction of sp³-hybridized carbons (Fsp3) is 0.353. The van der Waals surface area contributed by atoms with Gasteiger partial charge in [-0.2, -0.15) is 0 Å². The SMILES string of the molecule is C=C(CNC(C)(C)C)COc1ccc(Cl)c2cccnc12. The van der Waals surface area contributed by atoms with Gasteiger partial charge in [0.2, 0.25) is 0 Å². The average molecular weight is 305 g/mol. The number of ether oxygens (including phenoxy) is 1. The summed E-state index contributed by atoms with van der Waals surface area (Å²) in [6.45, 7) is 11.6. The summed E-state index contributed by atoms with van der Waals surface area (Å²) in [6, 6.07) is 7.48. The maximum atomic E-state index is 6.17. The third kappa shape index (κ3) is 4.45. The number of benzene rings is 1. The summed E-state index contributed by atoms with van der Waals surface area (Å²) in [4.78, 5) is 4.35. The molecule has 4 heteroatoms. The van der Waals surface area contributed by atoms with Gasteiger partial charge in [-0.3, -0.25) is 4.98 Å². The third-order valence-corrected chi connectivity index (χ3v) is 3.31. The molecule has 2 aromatic rings. The second kappa shape index (κ2) is 6.46. The first-order chi connectivity index (χ1) is 9.87. The summed E-state index contributed by atoms with van der Waals surface area (Å²) in [6.07, 6.45) is 1.74. The molecule has 0 aliphatic carbocycles. The molecule has 0 atom stereocenters. The summed E-state index contributed by atoms with van der Waals surface area (Å²) in [5, 5.41) is 4.97.